The first-order valence-electron chi connectivity index (χ1n) is 8.26. The van der Waals surface area contributed by atoms with E-state index >= 15 is 0 Å². The van der Waals surface area contributed by atoms with Gasteiger partial charge in [0, 0.05) is 23.4 Å². The van der Waals surface area contributed by atoms with Gasteiger partial charge in [-0.2, -0.15) is 0 Å². The van der Waals surface area contributed by atoms with Gasteiger partial charge in [0.05, 0.1) is 0 Å². The van der Waals surface area contributed by atoms with Gasteiger partial charge in [-0.15, -0.1) is 6.58 Å². The Labute approximate surface area is 130 Å². The summed E-state index contributed by atoms with van der Waals surface area (Å²) in [5, 5.41) is 3.55. The van der Waals surface area contributed by atoms with Gasteiger partial charge >= 0.3 is 0 Å². The molecule has 1 aliphatic rings. The molecule has 118 valence electrons. The van der Waals surface area contributed by atoms with Crippen LogP contribution in [0.1, 0.15) is 58.3 Å². The molecule has 0 bridgehead atoms. The Kier molecular flexibility index (Phi) is 7.96. The molecule has 21 heavy (non-hydrogen) atoms. The first kappa shape index (κ1) is 17.6. The fraction of sp³-hybridized carbons (Fsp3) is 0.579. The van der Waals surface area contributed by atoms with Crippen molar-refractivity contribution in [2.24, 2.45) is 11.1 Å². The third-order valence-electron chi connectivity index (χ3n) is 4.42. The third kappa shape index (κ3) is 5.82. The molecule has 0 unspecified atom stereocenters. The Morgan fingerprint density at radius 3 is 2.62 bits per heavy atom. The molecule has 0 heterocycles. The highest BCUT2D eigenvalue weighted by Gasteiger charge is 2.35. The summed E-state index contributed by atoms with van der Waals surface area (Å²) >= 11 is 0. The lowest BCUT2D eigenvalue weighted by Gasteiger charge is -2.39. The van der Waals surface area contributed by atoms with Crippen molar-refractivity contribution in [1.82, 2.24) is 5.32 Å². The van der Waals surface area contributed by atoms with E-state index in [2.05, 4.69) is 18.5 Å². The molecule has 2 heteroatoms. The molecule has 0 amide bonds. The van der Waals surface area contributed by atoms with E-state index in [4.69, 9.17) is 5.73 Å². The maximum Gasteiger partial charge on any atom is 0.0149 e. The highest BCUT2D eigenvalue weighted by atomic mass is 14.9. The number of nitrogens with one attached hydrogen (secondary N) is 1. The molecular formula is C19H32N2. The SMILES string of the molecule is C=CCCCNC(=C)C1(C/C(N)=C/C=C\C)CCCCC1. The minimum atomic E-state index is 0.147. The van der Waals surface area contributed by atoms with Crippen molar-refractivity contribution in [2.75, 3.05) is 6.54 Å². The molecule has 2 nitrogen and oxygen atoms in total. The molecule has 0 aromatic rings. The van der Waals surface area contributed by atoms with E-state index in [1.54, 1.807) is 0 Å². The number of unbranched alkanes of at least 4 members (excludes halogenated alkanes) is 1. The first-order valence-corrected chi connectivity index (χ1v) is 8.26. The van der Waals surface area contributed by atoms with Crippen LogP contribution in [0.3, 0.4) is 0 Å². The summed E-state index contributed by atoms with van der Waals surface area (Å²) in [6.45, 7) is 11.1. The van der Waals surface area contributed by atoms with Crippen molar-refractivity contribution in [3.05, 3.63) is 48.9 Å². The molecule has 3 N–H and O–H groups in total. The van der Waals surface area contributed by atoms with Crippen LogP contribution >= 0.6 is 0 Å². The van der Waals surface area contributed by atoms with Crippen molar-refractivity contribution in [3.63, 3.8) is 0 Å². The second-order valence-electron chi connectivity index (χ2n) is 6.12. The fourth-order valence-corrected chi connectivity index (χ4v) is 3.16. The van der Waals surface area contributed by atoms with Gasteiger partial charge in [-0.05, 0) is 45.1 Å². The summed E-state index contributed by atoms with van der Waals surface area (Å²) in [5.41, 5.74) is 8.51. The van der Waals surface area contributed by atoms with Crippen molar-refractivity contribution < 1.29 is 0 Å². The van der Waals surface area contributed by atoms with Gasteiger partial charge in [-0.25, -0.2) is 0 Å². The lowest BCUT2D eigenvalue weighted by Crippen LogP contribution is -2.35. The van der Waals surface area contributed by atoms with Crippen LogP contribution in [0.15, 0.2) is 48.9 Å². The van der Waals surface area contributed by atoms with Gasteiger partial charge < -0.3 is 11.1 Å². The summed E-state index contributed by atoms with van der Waals surface area (Å²) < 4.78 is 0. The van der Waals surface area contributed by atoms with Crippen LogP contribution in [0.2, 0.25) is 0 Å². The first-order chi connectivity index (χ1) is 10.1. The quantitative estimate of drug-likeness (QED) is 0.363. The van der Waals surface area contributed by atoms with E-state index in [0.717, 1.165) is 31.5 Å². The molecule has 0 saturated heterocycles. The molecule has 0 atom stereocenters. The van der Waals surface area contributed by atoms with Crippen molar-refractivity contribution >= 4 is 0 Å². The molecule has 0 aromatic carbocycles. The maximum atomic E-state index is 6.22. The predicted molar refractivity (Wildman–Crippen MR) is 93.8 cm³/mol. The average Bonchev–Trinajstić information content (AvgIpc) is 2.50. The number of rotatable bonds is 9. The summed E-state index contributed by atoms with van der Waals surface area (Å²) in [4.78, 5) is 0. The van der Waals surface area contributed by atoms with Crippen molar-refractivity contribution in [1.29, 1.82) is 0 Å². The lowest BCUT2D eigenvalue weighted by atomic mass is 9.69. The Morgan fingerprint density at radius 2 is 2.00 bits per heavy atom. The number of hydrogen-bond acceptors (Lipinski definition) is 2. The van der Waals surface area contributed by atoms with Crippen LogP contribution in [-0.2, 0) is 0 Å². The molecule has 1 saturated carbocycles. The molecule has 0 spiro atoms. The van der Waals surface area contributed by atoms with Crippen LogP contribution in [-0.4, -0.2) is 6.54 Å². The van der Waals surface area contributed by atoms with Gasteiger partial charge in [-0.1, -0.05) is 44.1 Å². The highest BCUT2D eigenvalue weighted by Crippen LogP contribution is 2.44. The van der Waals surface area contributed by atoms with Gasteiger partial charge in [0.2, 0.25) is 0 Å². The topological polar surface area (TPSA) is 38.0 Å². The van der Waals surface area contributed by atoms with Crippen LogP contribution in [0, 0.1) is 5.41 Å². The van der Waals surface area contributed by atoms with E-state index in [0.29, 0.717) is 0 Å². The van der Waals surface area contributed by atoms with Crippen LogP contribution in [0.25, 0.3) is 0 Å². The molecule has 0 radical (unpaired) electrons. The smallest absolute Gasteiger partial charge is 0.0149 e. The molecule has 0 aromatic heterocycles. The summed E-state index contributed by atoms with van der Waals surface area (Å²) in [5.74, 6) is 0. The highest BCUT2D eigenvalue weighted by molar-refractivity contribution is 5.18. The lowest BCUT2D eigenvalue weighted by molar-refractivity contribution is 0.224. The van der Waals surface area contributed by atoms with Crippen LogP contribution in [0.5, 0.6) is 0 Å². The van der Waals surface area contributed by atoms with E-state index in [1.165, 1.54) is 37.8 Å². The van der Waals surface area contributed by atoms with E-state index < -0.39 is 0 Å². The Morgan fingerprint density at radius 1 is 1.29 bits per heavy atom. The standard InChI is InChI=1S/C19H32N2/c1-4-6-11-15-21-17(3)19(13-9-8-10-14-19)16-18(20)12-7-5-2/h4-5,7,12,21H,1,3,6,8-11,13-16,20H2,2H3/b7-5-,18-12-. The van der Waals surface area contributed by atoms with E-state index in [9.17, 15) is 0 Å². The number of hydrogen-bond donors (Lipinski definition) is 2. The van der Waals surface area contributed by atoms with Gasteiger partial charge in [0.15, 0.2) is 0 Å². The zero-order chi connectivity index (χ0) is 15.6. The number of allylic oxidation sites excluding steroid dienone is 6. The normalized spacial score (nSPS) is 18.6. The van der Waals surface area contributed by atoms with E-state index in [-0.39, 0.29) is 5.41 Å². The fourth-order valence-electron chi connectivity index (χ4n) is 3.16. The third-order valence-corrected chi connectivity index (χ3v) is 4.42. The zero-order valence-corrected chi connectivity index (χ0v) is 13.7. The molecule has 1 aliphatic carbocycles. The Hall–Kier alpha value is -1.44. The van der Waals surface area contributed by atoms with Crippen molar-refractivity contribution in [2.45, 2.75) is 58.3 Å². The second-order valence-corrected chi connectivity index (χ2v) is 6.12. The molecule has 0 aliphatic heterocycles. The van der Waals surface area contributed by atoms with Gasteiger partial charge in [0.25, 0.3) is 0 Å². The largest absolute Gasteiger partial charge is 0.402 e. The van der Waals surface area contributed by atoms with Crippen molar-refractivity contribution in [3.8, 4) is 0 Å². The minimum absolute atomic E-state index is 0.147. The van der Waals surface area contributed by atoms with E-state index in [1.807, 2.05) is 31.2 Å². The Bertz CT molecular complexity index is 384. The summed E-state index contributed by atoms with van der Waals surface area (Å²) in [7, 11) is 0. The second kappa shape index (κ2) is 9.49. The molecule has 1 rings (SSSR count). The number of nitrogens with two attached hydrogens (primary N) is 1. The average molecular weight is 288 g/mol. The molecule has 1 fully saturated rings. The zero-order valence-electron chi connectivity index (χ0n) is 13.7. The Balaban J connectivity index is 2.68. The summed E-state index contributed by atoms with van der Waals surface area (Å²) in [6.07, 6.45) is 17.4. The molecular weight excluding hydrogens is 256 g/mol. The van der Waals surface area contributed by atoms with Crippen LogP contribution < -0.4 is 11.1 Å². The predicted octanol–water partition coefficient (Wildman–Crippen LogP) is 4.82. The van der Waals surface area contributed by atoms with Crippen LogP contribution in [0.4, 0.5) is 0 Å². The minimum Gasteiger partial charge on any atom is -0.402 e. The summed E-state index contributed by atoms with van der Waals surface area (Å²) in [6, 6.07) is 0. The van der Waals surface area contributed by atoms with Gasteiger partial charge in [0.1, 0.15) is 0 Å². The van der Waals surface area contributed by atoms with Gasteiger partial charge in [-0.3, -0.25) is 0 Å². The monoisotopic (exact) mass is 288 g/mol. The maximum absolute atomic E-state index is 6.22.